The number of aromatic nitrogens is 7. The minimum absolute atomic E-state index is 0.0262. The summed E-state index contributed by atoms with van der Waals surface area (Å²) in [4.78, 5) is 128. The van der Waals surface area contributed by atoms with E-state index in [9.17, 15) is 38.7 Å². The Morgan fingerprint density at radius 1 is 0.756 bits per heavy atom. The van der Waals surface area contributed by atoms with Gasteiger partial charge in [0.05, 0.1) is 41.2 Å². The van der Waals surface area contributed by atoms with E-state index in [-0.39, 0.29) is 79.3 Å². The number of pyridine rings is 1. The third-order valence-corrected chi connectivity index (χ3v) is 18.5. The molecule has 7 aromatic heterocycles. The van der Waals surface area contributed by atoms with Crippen LogP contribution in [0.5, 0.6) is 0 Å². The van der Waals surface area contributed by atoms with Gasteiger partial charge >= 0.3 is 12.0 Å². The van der Waals surface area contributed by atoms with Gasteiger partial charge in [-0.25, -0.2) is 39.7 Å². The first kappa shape index (κ1) is 59.0. The van der Waals surface area contributed by atoms with E-state index in [0.29, 0.717) is 73.7 Å². The number of amides is 6. The molecule has 6 amide bonds. The molecule has 23 nitrogen and oxygen atoms in total. The predicted octanol–water partition coefficient (Wildman–Crippen LogP) is 8.18. The van der Waals surface area contributed by atoms with E-state index in [4.69, 9.17) is 39.7 Å². The summed E-state index contributed by atoms with van der Waals surface area (Å²) >= 11 is 7.23. The molecule has 0 spiro atoms. The highest BCUT2D eigenvalue weighted by molar-refractivity contribution is 7.15. The molecule has 0 unspecified atom stereocenters. The van der Waals surface area contributed by atoms with Crippen LogP contribution < -0.4 is 31.9 Å². The number of ether oxygens (including phenoxy) is 1. The zero-order chi connectivity index (χ0) is 58.2. The molecule has 426 valence electrons. The van der Waals surface area contributed by atoms with Gasteiger partial charge in [-0.1, -0.05) is 44.2 Å². The minimum atomic E-state index is -1.28. The summed E-state index contributed by atoms with van der Waals surface area (Å²) in [7, 11) is 2.96. The average Bonchev–Trinajstić information content (AvgIpc) is 4.45. The normalized spacial score (nSPS) is 16.4. The smallest absolute Gasteiger partial charge is 0.320 e. The van der Waals surface area contributed by atoms with Crippen LogP contribution in [0.4, 0.5) is 10.6 Å². The zero-order valence-corrected chi connectivity index (χ0v) is 49.3. The molecule has 8 heterocycles. The second-order valence-corrected chi connectivity index (χ2v) is 24.6. The second-order valence-electron chi connectivity index (χ2n) is 18.8. The van der Waals surface area contributed by atoms with Crippen molar-refractivity contribution in [3.8, 4) is 43.4 Å². The molecule has 9 rings (SSSR count). The van der Waals surface area contributed by atoms with Gasteiger partial charge in [-0.3, -0.25) is 34.1 Å². The molecule has 0 radical (unpaired) electrons. The molecule has 1 aromatic carbocycles. The number of methoxy groups -OCH3 is 1. The number of aliphatic carboxylic acids is 1. The molecule has 0 saturated carbocycles. The van der Waals surface area contributed by atoms with Gasteiger partial charge in [-0.2, -0.15) is 0 Å². The van der Waals surface area contributed by atoms with Gasteiger partial charge in [0.2, 0.25) is 11.8 Å². The lowest BCUT2D eigenvalue weighted by Crippen LogP contribution is -2.40. The summed E-state index contributed by atoms with van der Waals surface area (Å²) in [5.41, 5.74) is 2.80. The van der Waals surface area contributed by atoms with Crippen LogP contribution in [-0.4, -0.2) is 114 Å². The summed E-state index contributed by atoms with van der Waals surface area (Å²) < 4.78 is 5.46. The van der Waals surface area contributed by atoms with Crippen molar-refractivity contribution in [1.29, 1.82) is 0 Å². The highest BCUT2D eigenvalue weighted by atomic mass is 32.1. The number of rotatable bonds is 13. The molecular formula is C53H53N13O10S6. The molecule has 0 aliphatic carbocycles. The van der Waals surface area contributed by atoms with Crippen molar-refractivity contribution in [2.24, 2.45) is 5.92 Å². The highest BCUT2D eigenvalue weighted by Crippen LogP contribution is 2.41. The number of nitrogens with one attached hydrogen (secondary N) is 6. The van der Waals surface area contributed by atoms with E-state index in [1.54, 1.807) is 70.9 Å². The maximum Gasteiger partial charge on any atom is 0.320 e. The Hall–Kier alpha value is -7.64. The number of carboxylic acid groups (broad SMARTS) is 1. The number of ketones is 1. The standard InChI is InChI=1S/C53H53N13O10S6/c1-24(2)28-16-34(67)40-25(3)81-51(65-40)30(17-37(68)54-4)58-45(73)32-21-77-47(60-32)27-13-14-29(49-62-36(23-80-49)63-53(75)55-15-9-12-39(70)71)57-41(27)31-20-78-50(59-31)33-22-79-52(61-33)43(44(72)26-10-7-6-8-11-26)64-38(69)18-56-46(74)42-35(19-76-5)82-48(28)66-42/h6-8,10-11,13-14,20-24,28,30,43-44,72H,9,12,15-19H2,1-5H3,(H,54,68)(H,56,74)(H,58,73)(H,64,69)(H,70,71)(H2,55,63,75)/t28-,30+,43+,44+/m1/s1. The largest absolute Gasteiger partial charge is 0.481 e. The number of carbonyl (C=O) groups is 7. The first-order valence-corrected chi connectivity index (χ1v) is 30.5. The van der Waals surface area contributed by atoms with E-state index in [1.807, 2.05) is 13.8 Å². The van der Waals surface area contributed by atoms with Gasteiger partial charge in [-0.05, 0) is 37.0 Å². The number of aliphatic hydroxyl groups is 1. The molecule has 82 heavy (non-hydrogen) atoms. The van der Waals surface area contributed by atoms with E-state index in [2.05, 4.69) is 36.9 Å². The van der Waals surface area contributed by atoms with Gasteiger partial charge in [0.15, 0.2) is 5.78 Å². The van der Waals surface area contributed by atoms with Crippen LogP contribution in [0.15, 0.2) is 64.0 Å². The van der Waals surface area contributed by atoms with Gasteiger partial charge in [0, 0.05) is 71.4 Å². The maximum atomic E-state index is 14.3. The third kappa shape index (κ3) is 14.0. The molecule has 29 heteroatoms. The number of hydrogen-bond donors (Lipinski definition) is 8. The molecular weight excluding hydrogens is 1170 g/mol. The van der Waals surface area contributed by atoms with Crippen LogP contribution in [0, 0.1) is 12.8 Å². The van der Waals surface area contributed by atoms with Crippen molar-refractivity contribution in [2.75, 3.05) is 32.6 Å². The summed E-state index contributed by atoms with van der Waals surface area (Å²) in [6.45, 7) is 5.29. The van der Waals surface area contributed by atoms with Crippen LogP contribution >= 0.6 is 68.0 Å². The van der Waals surface area contributed by atoms with E-state index in [0.717, 1.165) is 0 Å². The number of benzene rings is 1. The highest BCUT2D eigenvalue weighted by Gasteiger charge is 2.33. The van der Waals surface area contributed by atoms with E-state index >= 15 is 0 Å². The quantitative estimate of drug-likeness (QED) is 0.0504. The number of thiazole rings is 6. The lowest BCUT2D eigenvalue weighted by molar-refractivity contribution is -0.137. The predicted molar refractivity (Wildman–Crippen MR) is 312 cm³/mol. The Morgan fingerprint density at radius 3 is 2.23 bits per heavy atom. The van der Waals surface area contributed by atoms with Crippen molar-refractivity contribution in [1.82, 2.24) is 61.5 Å². The fourth-order valence-electron chi connectivity index (χ4n) is 8.50. The van der Waals surface area contributed by atoms with Crippen molar-refractivity contribution in [3.63, 3.8) is 0 Å². The third-order valence-electron chi connectivity index (χ3n) is 12.7. The van der Waals surface area contributed by atoms with Crippen molar-refractivity contribution < 1.29 is 48.5 Å². The number of urea groups is 1. The maximum absolute atomic E-state index is 14.3. The lowest BCUT2D eigenvalue weighted by atomic mass is 9.90. The Balaban J connectivity index is 1.11. The summed E-state index contributed by atoms with van der Waals surface area (Å²) in [6.07, 6.45) is -1.37. The Kier molecular flexibility index (Phi) is 19.1. The Labute approximate surface area is 492 Å². The van der Waals surface area contributed by atoms with Crippen molar-refractivity contribution >= 4 is 115 Å². The van der Waals surface area contributed by atoms with Crippen molar-refractivity contribution in [2.45, 2.75) is 77.2 Å². The number of nitrogens with zero attached hydrogens (tertiary/aromatic N) is 7. The topological polar surface area (TPSA) is 332 Å². The molecule has 1 aliphatic heterocycles. The molecule has 1 aliphatic rings. The Bertz CT molecular complexity index is 3660. The van der Waals surface area contributed by atoms with Gasteiger partial charge in [-0.15, -0.1) is 68.0 Å². The number of anilines is 1. The molecule has 0 saturated heterocycles. The van der Waals surface area contributed by atoms with Crippen LogP contribution in [0.25, 0.3) is 43.4 Å². The number of carbonyl (C=O) groups excluding carboxylic acids is 6. The summed E-state index contributed by atoms with van der Waals surface area (Å²) in [5.74, 6) is -3.95. The Morgan fingerprint density at radius 2 is 1.48 bits per heavy atom. The molecule has 10 bridgehead atoms. The van der Waals surface area contributed by atoms with Crippen LogP contribution in [0.2, 0.25) is 0 Å². The van der Waals surface area contributed by atoms with Crippen LogP contribution in [0.3, 0.4) is 0 Å². The first-order chi connectivity index (χ1) is 39.5. The van der Waals surface area contributed by atoms with Gasteiger partial charge < -0.3 is 41.5 Å². The zero-order valence-electron chi connectivity index (χ0n) is 44.4. The summed E-state index contributed by atoms with van der Waals surface area (Å²) in [6, 6.07) is 9.63. The van der Waals surface area contributed by atoms with Crippen LogP contribution in [0.1, 0.15) is 125 Å². The molecule has 4 atom stereocenters. The van der Waals surface area contributed by atoms with E-state index < -0.39 is 60.4 Å². The van der Waals surface area contributed by atoms with Crippen molar-refractivity contribution in [3.05, 3.63) is 111 Å². The van der Waals surface area contributed by atoms with Crippen LogP contribution in [-0.2, 0) is 25.7 Å². The minimum Gasteiger partial charge on any atom is -0.481 e. The number of hydrogen-bond acceptors (Lipinski definition) is 22. The molecule has 8 aromatic rings. The molecule has 0 fully saturated rings. The fourth-order valence-corrected chi connectivity index (χ4v) is 14.1. The first-order valence-electron chi connectivity index (χ1n) is 25.4. The second kappa shape index (κ2) is 26.5. The van der Waals surface area contributed by atoms with Gasteiger partial charge in [0.1, 0.15) is 77.2 Å². The number of aliphatic hydroxyl groups excluding tert-OH is 1. The SMILES string of the molecule is CNC(=O)C[C@@H]1NC(=O)c2csc(n2)-c2ccc(-c3nc(NC(=O)NCCCC(=O)O)cs3)nc2-c2csc(n2)-c2csc(n2)[C@H]([C@@H](O)c2ccccc2)NC(=O)CNC(=O)c2nc(sc2COC)[C@@H](C(C)C)CC(=O)c2nc1sc2C. The number of aryl methyl sites for hydroxylation is 1. The lowest BCUT2D eigenvalue weighted by Gasteiger charge is -2.23. The summed E-state index contributed by atoms with van der Waals surface area (Å²) in [5, 5.41) is 46.4. The van der Waals surface area contributed by atoms with E-state index in [1.165, 1.54) is 82.2 Å². The number of fused-ring (bicyclic) bond motifs is 14. The average molecular weight is 1220 g/mol. The fraction of sp³-hybridized carbons (Fsp3) is 0.321. The molecule has 8 N–H and O–H groups in total. The number of Topliss-reactive ketones (excluding diaryl/α,β-unsaturated/α-hetero) is 1. The van der Waals surface area contributed by atoms with Gasteiger partial charge in [0.25, 0.3) is 11.8 Å². The number of carboxylic acids is 1. The monoisotopic (exact) mass is 1220 g/mol.